The van der Waals surface area contributed by atoms with Crippen LogP contribution >= 0.6 is 0 Å². The molecular formula is C33H37NO. The van der Waals surface area contributed by atoms with E-state index in [2.05, 4.69) is 89.8 Å². The summed E-state index contributed by atoms with van der Waals surface area (Å²) in [5.74, 6) is 1.80. The Hall–Kier alpha value is -2.84. The third kappa shape index (κ3) is 4.23. The lowest BCUT2D eigenvalue weighted by Gasteiger charge is -2.59. The van der Waals surface area contributed by atoms with Crippen LogP contribution in [0.3, 0.4) is 0 Å². The highest BCUT2D eigenvalue weighted by Gasteiger charge is 2.53. The number of likely N-dealkylation sites (tertiary alicyclic amines) is 1. The number of nitrogens with zero attached hydrogens (tertiary/aromatic N) is 1. The normalized spacial score (nSPS) is 25.7. The molecule has 0 spiro atoms. The van der Waals surface area contributed by atoms with Crippen molar-refractivity contribution < 1.29 is 4.74 Å². The number of ether oxygens (including phenoxy) is 1. The smallest absolute Gasteiger partial charge is 0.119 e. The van der Waals surface area contributed by atoms with Gasteiger partial charge in [0.05, 0.1) is 7.11 Å². The summed E-state index contributed by atoms with van der Waals surface area (Å²) in [6, 6.07) is 27.3. The van der Waals surface area contributed by atoms with E-state index >= 15 is 0 Å². The van der Waals surface area contributed by atoms with Gasteiger partial charge in [-0.05, 0) is 84.5 Å². The lowest BCUT2D eigenvalue weighted by molar-refractivity contribution is -0.0158. The Bertz CT molecular complexity index is 1200. The van der Waals surface area contributed by atoms with Gasteiger partial charge < -0.3 is 4.74 Å². The SMILES string of the molecule is COc1ccc2c(c1)[C@@]13CCCC[C@H]1[C@@H](C2)N(Cc1ccccc1C/C=C/c1ccccc1)CC3. The van der Waals surface area contributed by atoms with Gasteiger partial charge in [0.25, 0.3) is 0 Å². The maximum Gasteiger partial charge on any atom is 0.119 e. The van der Waals surface area contributed by atoms with Gasteiger partial charge >= 0.3 is 0 Å². The molecule has 0 aromatic heterocycles. The van der Waals surface area contributed by atoms with Crippen molar-refractivity contribution in [2.45, 2.75) is 62.9 Å². The first-order valence-electron chi connectivity index (χ1n) is 13.5. The number of hydrogen-bond acceptors (Lipinski definition) is 2. The van der Waals surface area contributed by atoms with Gasteiger partial charge in [-0.25, -0.2) is 0 Å². The average Bonchev–Trinajstić information content (AvgIpc) is 2.91. The molecule has 1 aliphatic heterocycles. The zero-order valence-electron chi connectivity index (χ0n) is 21.0. The maximum absolute atomic E-state index is 5.65. The standard InChI is InChI=1S/C33H37NO/c1-35-29-18-17-27-22-32-30-16-7-8-19-33(30,31(27)23-29)20-21-34(32)24-28-14-6-5-13-26(28)15-9-12-25-10-3-2-4-11-25/h2-6,9-14,17-18,23,30,32H,7-8,15-16,19-22,24H2,1H3/b12-9+/t30-,32+,33+/m0/s1. The van der Waals surface area contributed by atoms with Crippen LogP contribution in [-0.4, -0.2) is 24.6 Å². The number of methoxy groups -OCH3 is 1. The second-order valence-corrected chi connectivity index (χ2v) is 10.8. The van der Waals surface area contributed by atoms with Gasteiger partial charge in [-0.1, -0.05) is 85.7 Å². The quantitative estimate of drug-likeness (QED) is 0.383. The summed E-state index contributed by atoms with van der Waals surface area (Å²) in [4.78, 5) is 2.83. The minimum atomic E-state index is 0.361. The molecule has 2 aliphatic carbocycles. The molecule has 3 aromatic rings. The van der Waals surface area contributed by atoms with E-state index in [-0.39, 0.29) is 0 Å². The third-order valence-electron chi connectivity index (χ3n) is 9.10. The molecule has 0 N–H and O–H groups in total. The van der Waals surface area contributed by atoms with E-state index in [1.54, 1.807) is 18.2 Å². The van der Waals surface area contributed by atoms with Crippen LogP contribution in [0, 0.1) is 5.92 Å². The van der Waals surface area contributed by atoms with Crippen molar-refractivity contribution in [2.75, 3.05) is 13.7 Å². The summed E-state index contributed by atoms with van der Waals surface area (Å²) >= 11 is 0. The highest BCUT2D eigenvalue weighted by Crippen LogP contribution is 2.56. The van der Waals surface area contributed by atoms with Gasteiger partial charge in [0.1, 0.15) is 5.75 Å². The topological polar surface area (TPSA) is 12.5 Å². The number of piperidine rings is 1. The summed E-state index contributed by atoms with van der Waals surface area (Å²) in [7, 11) is 1.80. The Morgan fingerprint density at radius 2 is 1.77 bits per heavy atom. The summed E-state index contributed by atoms with van der Waals surface area (Å²) in [6.45, 7) is 2.27. The van der Waals surface area contributed by atoms with Crippen molar-refractivity contribution in [3.8, 4) is 5.75 Å². The Labute approximate surface area is 210 Å². The van der Waals surface area contributed by atoms with Crippen LogP contribution < -0.4 is 4.74 Å². The minimum Gasteiger partial charge on any atom is -0.497 e. The molecule has 6 rings (SSSR count). The minimum absolute atomic E-state index is 0.361. The Kier molecular flexibility index (Phi) is 6.24. The van der Waals surface area contributed by atoms with Gasteiger partial charge in [-0.2, -0.15) is 0 Å². The molecule has 180 valence electrons. The van der Waals surface area contributed by atoms with Crippen molar-refractivity contribution >= 4 is 6.08 Å². The van der Waals surface area contributed by atoms with Crippen LogP contribution in [-0.2, 0) is 24.8 Å². The van der Waals surface area contributed by atoms with E-state index in [0.29, 0.717) is 11.5 Å². The van der Waals surface area contributed by atoms with Gasteiger partial charge in [0.2, 0.25) is 0 Å². The van der Waals surface area contributed by atoms with Crippen molar-refractivity contribution in [1.29, 1.82) is 0 Å². The molecule has 0 radical (unpaired) electrons. The zero-order chi connectivity index (χ0) is 23.7. The number of hydrogen-bond donors (Lipinski definition) is 0. The molecule has 1 saturated heterocycles. The zero-order valence-corrected chi connectivity index (χ0v) is 21.0. The third-order valence-corrected chi connectivity index (χ3v) is 9.10. The molecule has 2 bridgehead atoms. The molecule has 3 aromatic carbocycles. The highest BCUT2D eigenvalue weighted by atomic mass is 16.5. The molecule has 1 heterocycles. The van der Waals surface area contributed by atoms with Crippen molar-refractivity contribution in [3.63, 3.8) is 0 Å². The van der Waals surface area contributed by atoms with Crippen LogP contribution in [0.1, 0.15) is 59.9 Å². The second kappa shape index (κ2) is 9.66. The molecule has 0 amide bonds. The van der Waals surface area contributed by atoms with Crippen molar-refractivity contribution in [1.82, 2.24) is 4.90 Å². The Morgan fingerprint density at radius 3 is 2.63 bits per heavy atom. The lowest BCUT2D eigenvalue weighted by Crippen LogP contribution is -2.60. The van der Waals surface area contributed by atoms with E-state index in [1.807, 2.05) is 0 Å². The van der Waals surface area contributed by atoms with Crippen molar-refractivity contribution in [2.24, 2.45) is 5.92 Å². The van der Waals surface area contributed by atoms with E-state index in [0.717, 1.165) is 24.6 Å². The second-order valence-electron chi connectivity index (χ2n) is 10.8. The van der Waals surface area contributed by atoms with Gasteiger partial charge in [-0.15, -0.1) is 0 Å². The van der Waals surface area contributed by atoms with Crippen LogP contribution in [0.2, 0.25) is 0 Å². The van der Waals surface area contributed by atoms with Crippen LogP contribution in [0.4, 0.5) is 0 Å². The molecule has 0 unspecified atom stereocenters. The molecule has 1 saturated carbocycles. The first-order valence-corrected chi connectivity index (χ1v) is 13.5. The fraction of sp³-hybridized carbons (Fsp3) is 0.394. The van der Waals surface area contributed by atoms with Gasteiger partial charge in [0, 0.05) is 18.0 Å². The fourth-order valence-corrected chi connectivity index (χ4v) is 7.40. The largest absolute Gasteiger partial charge is 0.497 e. The predicted octanol–water partition coefficient (Wildman–Crippen LogP) is 7.21. The Morgan fingerprint density at radius 1 is 0.943 bits per heavy atom. The fourth-order valence-electron chi connectivity index (χ4n) is 7.40. The summed E-state index contributed by atoms with van der Waals surface area (Å²) < 4.78 is 5.65. The number of benzene rings is 3. The molecular weight excluding hydrogens is 426 g/mol. The highest BCUT2D eigenvalue weighted by molar-refractivity contribution is 5.50. The lowest BCUT2D eigenvalue weighted by atomic mass is 9.52. The number of rotatable bonds is 6. The van der Waals surface area contributed by atoms with Gasteiger partial charge in [-0.3, -0.25) is 4.90 Å². The van der Waals surface area contributed by atoms with E-state index in [4.69, 9.17) is 4.74 Å². The van der Waals surface area contributed by atoms with Gasteiger partial charge in [0.15, 0.2) is 0 Å². The first kappa shape index (κ1) is 22.6. The summed E-state index contributed by atoms with van der Waals surface area (Å²) in [6.07, 6.45) is 13.5. The van der Waals surface area contributed by atoms with E-state index in [9.17, 15) is 0 Å². The van der Waals surface area contributed by atoms with Crippen LogP contribution in [0.5, 0.6) is 5.75 Å². The Balaban J connectivity index is 1.26. The van der Waals surface area contributed by atoms with Crippen LogP contribution in [0.15, 0.2) is 78.9 Å². The molecule has 3 atom stereocenters. The maximum atomic E-state index is 5.65. The summed E-state index contributed by atoms with van der Waals surface area (Å²) in [5.41, 5.74) is 7.77. The first-order chi connectivity index (χ1) is 17.3. The van der Waals surface area contributed by atoms with Crippen LogP contribution in [0.25, 0.3) is 6.08 Å². The monoisotopic (exact) mass is 463 g/mol. The average molecular weight is 464 g/mol. The van der Waals surface area contributed by atoms with E-state index in [1.165, 1.54) is 61.8 Å². The summed E-state index contributed by atoms with van der Waals surface area (Å²) in [5, 5.41) is 0. The van der Waals surface area contributed by atoms with Crippen molar-refractivity contribution in [3.05, 3.63) is 107 Å². The molecule has 35 heavy (non-hydrogen) atoms. The predicted molar refractivity (Wildman–Crippen MR) is 145 cm³/mol. The molecule has 3 aliphatic rings. The number of fused-ring (bicyclic) bond motifs is 1. The number of allylic oxidation sites excluding steroid dienone is 1. The molecule has 2 fully saturated rings. The molecule has 2 nitrogen and oxygen atoms in total. The van der Waals surface area contributed by atoms with E-state index < -0.39 is 0 Å². The molecule has 2 heteroatoms.